The molecule has 4 N–H and O–H groups in total. The van der Waals surface area contributed by atoms with Crippen molar-refractivity contribution in [2.24, 2.45) is 11.7 Å². The Kier molecular flexibility index (Phi) is 8.40. The van der Waals surface area contributed by atoms with E-state index in [2.05, 4.69) is 24.5 Å². The summed E-state index contributed by atoms with van der Waals surface area (Å²) in [6.45, 7) is 6.84. The largest absolute Gasteiger partial charge is 0.351 e. The van der Waals surface area contributed by atoms with Crippen LogP contribution in [0.2, 0.25) is 0 Å². The van der Waals surface area contributed by atoms with E-state index < -0.39 is 12.1 Å². The van der Waals surface area contributed by atoms with Crippen LogP contribution in [0.4, 0.5) is 4.79 Å². The van der Waals surface area contributed by atoms with E-state index in [-0.39, 0.29) is 5.91 Å². The number of carbonyl (C=O) groups excluding carboxylic acids is 2. The van der Waals surface area contributed by atoms with Gasteiger partial charge in [0.25, 0.3) is 0 Å². The second-order valence-electron chi connectivity index (χ2n) is 4.40. The molecular formula is C12H25N3O2. The van der Waals surface area contributed by atoms with Crippen molar-refractivity contribution in [2.75, 3.05) is 6.54 Å². The van der Waals surface area contributed by atoms with Crippen LogP contribution in [0.1, 0.15) is 46.5 Å². The first-order valence-electron chi connectivity index (χ1n) is 6.34. The fourth-order valence-corrected chi connectivity index (χ4v) is 1.61. The Balaban J connectivity index is 3.90. The van der Waals surface area contributed by atoms with Crippen LogP contribution in [0.25, 0.3) is 0 Å². The van der Waals surface area contributed by atoms with Crippen molar-refractivity contribution in [1.29, 1.82) is 0 Å². The number of imide groups is 1. The van der Waals surface area contributed by atoms with Gasteiger partial charge in [-0.1, -0.05) is 33.1 Å². The lowest BCUT2D eigenvalue weighted by Crippen LogP contribution is -2.47. The summed E-state index contributed by atoms with van der Waals surface area (Å²) >= 11 is 0. The number of primary amides is 1. The van der Waals surface area contributed by atoms with Crippen molar-refractivity contribution >= 4 is 11.9 Å². The number of hydrogen-bond donors (Lipinski definition) is 3. The third-order valence-corrected chi connectivity index (χ3v) is 2.90. The van der Waals surface area contributed by atoms with E-state index in [1.54, 1.807) is 6.92 Å². The maximum absolute atomic E-state index is 11.4. The molecule has 0 heterocycles. The highest BCUT2D eigenvalue weighted by molar-refractivity contribution is 5.96. The fraction of sp³-hybridized carbons (Fsp3) is 0.833. The lowest BCUT2D eigenvalue weighted by molar-refractivity contribution is -0.121. The van der Waals surface area contributed by atoms with E-state index >= 15 is 0 Å². The number of rotatable bonds is 8. The van der Waals surface area contributed by atoms with Crippen LogP contribution >= 0.6 is 0 Å². The van der Waals surface area contributed by atoms with Crippen LogP contribution in [0.5, 0.6) is 0 Å². The van der Waals surface area contributed by atoms with Gasteiger partial charge >= 0.3 is 6.03 Å². The molecule has 5 nitrogen and oxygen atoms in total. The standard InChI is InChI=1S/C12H25N3O2/c1-4-6-7-10(5-2)8-14-9(3)11(16)15-12(13)17/h9-10,14H,4-8H2,1-3H3,(H3,13,15,16,17). The summed E-state index contributed by atoms with van der Waals surface area (Å²) in [5.74, 6) is 0.210. The van der Waals surface area contributed by atoms with Gasteiger partial charge in [-0.15, -0.1) is 0 Å². The SMILES string of the molecule is CCCCC(CC)CNC(C)C(=O)NC(N)=O. The second kappa shape index (κ2) is 8.98. The Morgan fingerprint density at radius 3 is 2.41 bits per heavy atom. The number of unbranched alkanes of at least 4 members (excludes halogenated alkanes) is 1. The molecule has 0 fully saturated rings. The van der Waals surface area contributed by atoms with E-state index in [9.17, 15) is 9.59 Å². The fourth-order valence-electron chi connectivity index (χ4n) is 1.61. The van der Waals surface area contributed by atoms with Gasteiger partial charge in [-0.3, -0.25) is 10.1 Å². The van der Waals surface area contributed by atoms with E-state index in [0.717, 1.165) is 13.0 Å². The molecule has 0 aliphatic rings. The molecule has 0 aliphatic carbocycles. The molecule has 0 aromatic carbocycles. The summed E-state index contributed by atoms with van der Waals surface area (Å²) in [6, 6.07) is -1.19. The Morgan fingerprint density at radius 2 is 1.94 bits per heavy atom. The van der Waals surface area contributed by atoms with Crippen molar-refractivity contribution in [1.82, 2.24) is 10.6 Å². The normalized spacial score (nSPS) is 14.1. The van der Waals surface area contributed by atoms with Gasteiger partial charge in [-0.05, 0) is 25.8 Å². The first kappa shape index (κ1) is 15.9. The maximum Gasteiger partial charge on any atom is 0.318 e. The van der Waals surface area contributed by atoms with Crippen LogP contribution in [0, 0.1) is 5.92 Å². The van der Waals surface area contributed by atoms with Gasteiger partial charge in [-0.2, -0.15) is 0 Å². The van der Waals surface area contributed by atoms with Crippen molar-refractivity contribution < 1.29 is 9.59 Å². The predicted octanol–water partition coefficient (Wildman–Crippen LogP) is 1.38. The van der Waals surface area contributed by atoms with Crippen LogP contribution in [0.15, 0.2) is 0 Å². The number of nitrogens with one attached hydrogen (secondary N) is 2. The van der Waals surface area contributed by atoms with Crippen molar-refractivity contribution in [3.05, 3.63) is 0 Å². The average Bonchev–Trinajstić information content (AvgIpc) is 2.28. The minimum atomic E-state index is -0.804. The first-order valence-corrected chi connectivity index (χ1v) is 6.34. The van der Waals surface area contributed by atoms with Gasteiger partial charge < -0.3 is 11.1 Å². The Labute approximate surface area is 104 Å². The Bertz CT molecular complexity index is 244. The molecule has 5 heteroatoms. The zero-order chi connectivity index (χ0) is 13.3. The maximum atomic E-state index is 11.4. The molecule has 0 spiro atoms. The lowest BCUT2D eigenvalue weighted by atomic mass is 9.99. The Hall–Kier alpha value is -1.10. The Morgan fingerprint density at radius 1 is 1.29 bits per heavy atom. The molecule has 3 amide bonds. The van der Waals surface area contributed by atoms with E-state index in [1.165, 1.54) is 19.3 Å². The van der Waals surface area contributed by atoms with Crippen molar-refractivity contribution in [3.63, 3.8) is 0 Å². The summed E-state index contributed by atoms with van der Waals surface area (Å²) in [6.07, 6.45) is 4.66. The van der Waals surface area contributed by atoms with E-state index in [1.807, 2.05) is 0 Å². The molecule has 0 aromatic rings. The summed E-state index contributed by atoms with van der Waals surface area (Å²) in [5, 5.41) is 5.19. The number of carbonyl (C=O) groups is 2. The zero-order valence-electron chi connectivity index (χ0n) is 11.1. The molecule has 17 heavy (non-hydrogen) atoms. The second-order valence-corrected chi connectivity index (χ2v) is 4.40. The number of hydrogen-bond acceptors (Lipinski definition) is 3. The van der Waals surface area contributed by atoms with Crippen molar-refractivity contribution in [3.8, 4) is 0 Å². The van der Waals surface area contributed by atoms with Crippen LogP contribution in [0.3, 0.4) is 0 Å². The van der Waals surface area contributed by atoms with Crippen LogP contribution < -0.4 is 16.4 Å². The molecule has 0 aromatic heterocycles. The molecule has 0 saturated heterocycles. The average molecular weight is 243 g/mol. The molecule has 0 bridgehead atoms. The summed E-state index contributed by atoms with van der Waals surface area (Å²) in [4.78, 5) is 21.9. The highest BCUT2D eigenvalue weighted by Crippen LogP contribution is 2.11. The number of nitrogens with two attached hydrogens (primary N) is 1. The smallest absolute Gasteiger partial charge is 0.318 e. The molecule has 0 rings (SSSR count). The van der Waals surface area contributed by atoms with Crippen LogP contribution in [-0.4, -0.2) is 24.5 Å². The summed E-state index contributed by atoms with van der Waals surface area (Å²) in [5.41, 5.74) is 4.88. The third-order valence-electron chi connectivity index (χ3n) is 2.90. The predicted molar refractivity (Wildman–Crippen MR) is 68.5 cm³/mol. The topological polar surface area (TPSA) is 84.2 Å². The summed E-state index contributed by atoms with van der Waals surface area (Å²) in [7, 11) is 0. The quantitative estimate of drug-likeness (QED) is 0.602. The molecular weight excluding hydrogens is 218 g/mol. The monoisotopic (exact) mass is 243 g/mol. The van der Waals surface area contributed by atoms with Crippen LogP contribution in [-0.2, 0) is 4.79 Å². The van der Waals surface area contributed by atoms with Crippen molar-refractivity contribution in [2.45, 2.75) is 52.5 Å². The minimum absolute atomic E-state index is 0.372. The van der Waals surface area contributed by atoms with E-state index in [0.29, 0.717) is 5.92 Å². The van der Waals surface area contributed by atoms with Gasteiger partial charge in [0.2, 0.25) is 5.91 Å². The molecule has 0 radical (unpaired) electrons. The summed E-state index contributed by atoms with van der Waals surface area (Å²) < 4.78 is 0. The zero-order valence-corrected chi connectivity index (χ0v) is 11.1. The third kappa shape index (κ3) is 7.74. The molecule has 0 aliphatic heterocycles. The first-order chi connectivity index (χ1) is 8.01. The minimum Gasteiger partial charge on any atom is -0.351 e. The molecule has 2 unspecified atom stereocenters. The number of urea groups is 1. The molecule has 100 valence electrons. The molecule has 0 saturated carbocycles. The van der Waals surface area contributed by atoms with Gasteiger partial charge in [-0.25, -0.2) is 4.79 Å². The van der Waals surface area contributed by atoms with E-state index in [4.69, 9.17) is 5.73 Å². The van der Waals surface area contributed by atoms with Gasteiger partial charge in [0.1, 0.15) is 0 Å². The van der Waals surface area contributed by atoms with Gasteiger partial charge in [0.05, 0.1) is 6.04 Å². The lowest BCUT2D eigenvalue weighted by Gasteiger charge is -2.18. The highest BCUT2D eigenvalue weighted by atomic mass is 16.2. The highest BCUT2D eigenvalue weighted by Gasteiger charge is 2.15. The van der Waals surface area contributed by atoms with Gasteiger partial charge in [0, 0.05) is 0 Å². The van der Waals surface area contributed by atoms with Gasteiger partial charge in [0.15, 0.2) is 0 Å². The molecule has 2 atom stereocenters. The number of amides is 3.